The number of nitrogen functional groups attached to an aromatic ring is 2. The van der Waals surface area contributed by atoms with Gasteiger partial charge >= 0.3 is 0 Å². The molecule has 1 aromatic heterocycles. The highest BCUT2D eigenvalue weighted by atomic mass is 15.3. The number of nitrogens with one attached hydrogen (secondary N) is 3. The molecule has 0 saturated carbocycles. The molecule has 1 heterocycles. The zero-order chi connectivity index (χ0) is 14.5. The lowest BCUT2D eigenvalue weighted by molar-refractivity contribution is 1.12. The summed E-state index contributed by atoms with van der Waals surface area (Å²) in [7, 11) is 3.97. The quantitative estimate of drug-likeness (QED) is 0.402. The Morgan fingerprint density at radius 1 is 0.950 bits per heavy atom. The molecule has 0 spiro atoms. The summed E-state index contributed by atoms with van der Waals surface area (Å²) in [6.07, 6.45) is 0. The van der Waals surface area contributed by atoms with Crippen molar-refractivity contribution in [3.63, 3.8) is 0 Å². The minimum Gasteiger partial charge on any atom is -0.378 e. The van der Waals surface area contributed by atoms with Crippen LogP contribution in [0, 0.1) is 0 Å². The van der Waals surface area contributed by atoms with E-state index in [-0.39, 0.29) is 0 Å². The molecule has 1 aromatic carbocycles. The summed E-state index contributed by atoms with van der Waals surface area (Å²) in [5.41, 5.74) is 6.89. The fourth-order valence-corrected chi connectivity index (χ4v) is 1.62. The Balaban J connectivity index is 2.20. The van der Waals surface area contributed by atoms with Crippen molar-refractivity contribution in [1.29, 1.82) is 0 Å². The molecule has 0 unspecified atom stereocenters. The van der Waals surface area contributed by atoms with Crippen molar-refractivity contribution in [2.75, 3.05) is 35.2 Å². The minimum atomic E-state index is 0.394. The topological polar surface area (TPSA) is 117 Å². The molecule has 20 heavy (non-hydrogen) atoms. The summed E-state index contributed by atoms with van der Waals surface area (Å²) in [5.74, 6) is 12.0. The third-order valence-corrected chi connectivity index (χ3v) is 2.66. The molecule has 0 bridgehead atoms. The van der Waals surface area contributed by atoms with Crippen molar-refractivity contribution in [1.82, 2.24) is 9.97 Å². The molecule has 0 aliphatic heterocycles. The summed E-state index contributed by atoms with van der Waals surface area (Å²) in [6, 6.07) is 9.47. The molecule has 0 aliphatic carbocycles. The largest absolute Gasteiger partial charge is 0.378 e. The second kappa shape index (κ2) is 6.04. The lowest BCUT2D eigenvalue weighted by Crippen LogP contribution is -2.14. The molecule has 0 radical (unpaired) electrons. The van der Waals surface area contributed by atoms with Gasteiger partial charge < -0.3 is 21.1 Å². The third kappa shape index (κ3) is 3.25. The summed E-state index contributed by atoms with van der Waals surface area (Å²) in [6.45, 7) is 0. The summed E-state index contributed by atoms with van der Waals surface area (Å²) in [5, 5.41) is 3.09. The fraction of sp³-hybridized carbons (Fsp3) is 0.167. The van der Waals surface area contributed by atoms with E-state index < -0.39 is 0 Å². The average molecular weight is 274 g/mol. The SMILES string of the molecule is CN(C)c1ccc(Nc2nc(NN)cc(NN)n2)cc1. The molecule has 0 atom stereocenters. The molecule has 7 N–H and O–H groups in total. The number of aromatic nitrogens is 2. The van der Waals surface area contributed by atoms with Crippen molar-refractivity contribution in [2.24, 2.45) is 11.7 Å². The number of nitrogens with two attached hydrogens (primary N) is 2. The number of anilines is 5. The molecule has 106 valence electrons. The Labute approximate surface area is 117 Å². The first-order valence-electron chi connectivity index (χ1n) is 5.99. The number of benzene rings is 1. The Morgan fingerprint density at radius 2 is 1.50 bits per heavy atom. The molecule has 8 nitrogen and oxygen atoms in total. The standard InChI is InChI=1S/C12H18N8/c1-20(2)9-5-3-8(4-6-9)15-12-16-10(18-13)7-11(17-12)19-14/h3-7H,13-14H2,1-2H3,(H3,15,16,17,18,19). The van der Waals surface area contributed by atoms with Crippen LogP contribution >= 0.6 is 0 Å². The van der Waals surface area contributed by atoms with Gasteiger partial charge in [0.15, 0.2) is 0 Å². The van der Waals surface area contributed by atoms with E-state index in [0.717, 1.165) is 11.4 Å². The minimum absolute atomic E-state index is 0.394. The second-order valence-corrected chi connectivity index (χ2v) is 4.32. The van der Waals surface area contributed by atoms with E-state index in [4.69, 9.17) is 11.7 Å². The van der Waals surface area contributed by atoms with Crippen LogP contribution in [0.1, 0.15) is 0 Å². The monoisotopic (exact) mass is 274 g/mol. The Morgan fingerprint density at radius 3 is 1.95 bits per heavy atom. The lowest BCUT2D eigenvalue weighted by Gasteiger charge is -2.13. The van der Waals surface area contributed by atoms with Crippen molar-refractivity contribution >= 4 is 29.0 Å². The van der Waals surface area contributed by atoms with Gasteiger partial charge in [-0.15, -0.1) is 0 Å². The first-order valence-corrected chi connectivity index (χ1v) is 5.99. The molecule has 2 rings (SSSR count). The molecular weight excluding hydrogens is 256 g/mol. The highest BCUT2D eigenvalue weighted by Crippen LogP contribution is 2.20. The van der Waals surface area contributed by atoms with Gasteiger partial charge in [-0.1, -0.05) is 0 Å². The van der Waals surface area contributed by atoms with Crippen molar-refractivity contribution < 1.29 is 0 Å². The van der Waals surface area contributed by atoms with Crippen molar-refractivity contribution in [2.45, 2.75) is 0 Å². The maximum absolute atomic E-state index is 5.35. The van der Waals surface area contributed by atoms with Gasteiger partial charge in [0, 0.05) is 31.5 Å². The number of rotatable bonds is 5. The summed E-state index contributed by atoms with van der Waals surface area (Å²) < 4.78 is 0. The van der Waals surface area contributed by atoms with Gasteiger partial charge in [0.25, 0.3) is 0 Å². The van der Waals surface area contributed by atoms with Crippen LogP contribution in [0.15, 0.2) is 30.3 Å². The van der Waals surface area contributed by atoms with E-state index in [9.17, 15) is 0 Å². The van der Waals surface area contributed by atoms with Crippen LogP contribution in [0.25, 0.3) is 0 Å². The van der Waals surface area contributed by atoms with Crippen LogP contribution in [0.3, 0.4) is 0 Å². The molecular formula is C12H18N8. The van der Waals surface area contributed by atoms with E-state index >= 15 is 0 Å². The zero-order valence-corrected chi connectivity index (χ0v) is 11.4. The Bertz CT molecular complexity index is 544. The smallest absolute Gasteiger partial charge is 0.231 e. The number of nitrogens with zero attached hydrogens (tertiary/aromatic N) is 3. The number of hydrogen-bond acceptors (Lipinski definition) is 8. The highest BCUT2D eigenvalue weighted by molar-refractivity contribution is 5.61. The van der Waals surface area contributed by atoms with Crippen LogP contribution in [0.5, 0.6) is 0 Å². The van der Waals surface area contributed by atoms with Gasteiger partial charge in [0.1, 0.15) is 11.6 Å². The van der Waals surface area contributed by atoms with E-state index in [1.807, 2.05) is 43.3 Å². The van der Waals surface area contributed by atoms with Gasteiger partial charge in [-0.25, -0.2) is 11.7 Å². The molecule has 0 saturated heterocycles. The van der Waals surface area contributed by atoms with Crippen LogP contribution in [-0.2, 0) is 0 Å². The third-order valence-electron chi connectivity index (χ3n) is 2.66. The van der Waals surface area contributed by atoms with Gasteiger partial charge in [0.2, 0.25) is 5.95 Å². The predicted octanol–water partition coefficient (Wildman–Crippen LogP) is 0.857. The van der Waals surface area contributed by atoms with Crippen LogP contribution in [0.4, 0.5) is 29.0 Å². The number of hydrazine groups is 2. The van der Waals surface area contributed by atoms with E-state index in [1.54, 1.807) is 6.07 Å². The maximum Gasteiger partial charge on any atom is 0.231 e. The van der Waals surface area contributed by atoms with E-state index in [2.05, 4.69) is 26.1 Å². The Hall–Kier alpha value is -2.58. The van der Waals surface area contributed by atoms with E-state index in [0.29, 0.717) is 17.6 Å². The van der Waals surface area contributed by atoms with Gasteiger partial charge in [-0.3, -0.25) is 0 Å². The predicted molar refractivity (Wildman–Crippen MR) is 81.7 cm³/mol. The fourth-order valence-electron chi connectivity index (χ4n) is 1.62. The van der Waals surface area contributed by atoms with Crippen molar-refractivity contribution in [3.8, 4) is 0 Å². The first kappa shape index (κ1) is 13.8. The van der Waals surface area contributed by atoms with Crippen LogP contribution < -0.4 is 32.8 Å². The maximum atomic E-state index is 5.35. The van der Waals surface area contributed by atoms with Crippen LogP contribution in [-0.4, -0.2) is 24.1 Å². The van der Waals surface area contributed by atoms with E-state index in [1.165, 1.54) is 0 Å². The van der Waals surface area contributed by atoms with Crippen LogP contribution in [0.2, 0.25) is 0 Å². The molecule has 0 aliphatic rings. The second-order valence-electron chi connectivity index (χ2n) is 4.32. The summed E-state index contributed by atoms with van der Waals surface area (Å²) >= 11 is 0. The normalized spacial score (nSPS) is 10.0. The van der Waals surface area contributed by atoms with Gasteiger partial charge in [-0.05, 0) is 24.3 Å². The molecule has 0 amide bonds. The molecule has 0 fully saturated rings. The number of hydrogen-bond donors (Lipinski definition) is 5. The highest BCUT2D eigenvalue weighted by Gasteiger charge is 2.04. The van der Waals surface area contributed by atoms with Gasteiger partial charge in [-0.2, -0.15) is 9.97 Å². The summed E-state index contributed by atoms with van der Waals surface area (Å²) in [4.78, 5) is 10.4. The first-order chi connectivity index (χ1) is 9.62. The molecule has 2 aromatic rings. The van der Waals surface area contributed by atoms with Gasteiger partial charge in [0.05, 0.1) is 0 Å². The lowest BCUT2D eigenvalue weighted by atomic mass is 10.2. The zero-order valence-electron chi connectivity index (χ0n) is 11.4. The molecule has 8 heteroatoms. The Kier molecular flexibility index (Phi) is 4.18. The average Bonchev–Trinajstić information content (AvgIpc) is 2.47. The van der Waals surface area contributed by atoms with Crippen molar-refractivity contribution in [3.05, 3.63) is 30.3 Å².